The fourth-order valence-corrected chi connectivity index (χ4v) is 1.90. The van der Waals surface area contributed by atoms with Crippen LogP contribution in [0.1, 0.15) is 32.6 Å². The minimum atomic E-state index is -0.875. The highest BCUT2D eigenvalue weighted by atomic mass is 16.4. The van der Waals surface area contributed by atoms with E-state index in [1.165, 1.54) is 0 Å². The van der Waals surface area contributed by atoms with Crippen molar-refractivity contribution in [3.63, 3.8) is 0 Å². The van der Waals surface area contributed by atoms with Crippen molar-refractivity contribution in [2.24, 2.45) is 11.8 Å². The molecule has 1 rings (SSSR count). The van der Waals surface area contributed by atoms with Crippen LogP contribution in [0.15, 0.2) is 12.2 Å². The molecule has 4 nitrogen and oxygen atoms in total. The zero-order valence-electron chi connectivity index (χ0n) is 9.61. The zero-order valence-corrected chi connectivity index (χ0v) is 9.61. The largest absolute Gasteiger partial charge is 0.481 e. The fraction of sp³-hybridized carbons (Fsp3) is 0.667. The van der Waals surface area contributed by atoms with Gasteiger partial charge >= 0.3 is 5.97 Å². The highest BCUT2D eigenvalue weighted by Gasteiger charge is 2.33. The zero-order chi connectivity index (χ0) is 12.0. The van der Waals surface area contributed by atoms with Crippen molar-refractivity contribution in [3.8, 4) is 0 Å². The van der Waals surface area contributed by atoms with Gasteiger partial charge in [0.05, 0.1) is 11.8 Å². The molecule has 4 heteroatoms. The van der Waals surface area contributed by atoms with Crippen LogP contribution in [0.25, 0.3) is 0 Å². The van der Waals surface area contributed by atoms with Crippen LogP contribution >= 0.6 is 0 Å². The van der Waals surface area contributed by atoms with Gasteiger partial charge in [-0.05, 0) is 19.3 Å². The number of aliphatic carboxylic acids is 1. The third kappa shape index (κ3) is 3.36. The van der Waals surface area contributed by atoms with E-state index < -0.39 is 17.8 Å². The summed E-state index contributed by atoms with van der Waals surface area (Å²) in [5.74, 6) is -1.96. The van der Waals surface area contributed by atoms with Gasteiger partial charge in [-0.25, -0.2) is 0 Å². The summed E-state index contributed by atoms with van der Waals surface area (Å²) in [6, 6.07) is 0. The lowest BCUT2D eigenvalue weighted by Crippen LogP contribution is -2.39. The number of carboxylic acid groups (broad SMARTS) is 1. The van der Waals surface area contributed by atoms with E-state index in [1.54, 1.807) is 0 Å². The van der Waals surface area contributed by atoms with Crippen LogP contribution < -0.4 is 5.32 Å². The molecule has 0 spiro atoms. The molecule has 0 saturated heterocycles. The molecule has 1 aliphatic rings. The predicted octanol–water partition coefficient (Wildman–Crippen LogP) is 1.57. The number of allylic oxidation sites excluding steroid dienone is 2. The summed E-state index contributed by atoms with van der Waals surface area (Å²) < 4.78 is 0. The number of carbonyl (C=O) groups excluding carboxylic acids is 1. The van der Waals surface area contributed by atoms with E-state index in [-0.39, 0.29) is 5.91 Å². The third-order valence-electron chi connectivity index (χ3n) is 2.92. The Morgan fingerprint density at radius 3 is 2.50 bits per heavy atom. The Morgan fingerprint density at radius 2 is 1.94 bits per heavy atom. The van der Waals surface area contributed by atoms with Crippen molar-refractivity contribution < 1.29 is 14.7 Å². The third-order valence-corrected chi connectivity index (χ3v) is 2.92. The summed E-state index contributed by atoms with van der Waals surface area (Å²) in [6.45, 7) is 2.69. The second-order valence-corrected chi connectivity index (χ2v) is 4.14. The Balaban J connectivity index is 2.52. The van der Waals surface area contributed by atoms with Gasteiger partial charge < -0.3 is 10.4 Å². The number of rotatable bonds is 5. The Labute approximate surface area is 95.7 Å². The lowest BCUT2D eigenvalue weighted by atomic mass is 9.82. The minimum Gasteiger partial charge on any atom is -0.481 e. The van der Waals surface area contributed by atoms with E-state index in [0.717, 1.165) is 12.8 Å². The second-order valence-electron chi connectivity index (χ2n) is 4.14. The summed E-state index contributed by atoms with van der Waals surface area (Å²) in [7, 11) is 0. The number of unbranched alkanes of at least 4 members (excludes halogenated alkanes) is 1. The van der Waals surface area contributed by atoms with Crippen LogP contribution in [-0.2, 0) is 9.59 Å². The topological polar surface area (TPSA) is 66.4 Å². The maximum atomic E-state index is 11.8. The highest BCUT2D eigenvalue weighted by Crippen LogP contribution is 2.25. The van der Waals surface area contributed by atoms with Gasteiger partial charge in [0.2, 0.25) is 5.91 Å². The smallest absolute Gasteiger partial charge is 0.307 e. The maximum absolute atomic E-state index is 11.8. The number of amides is 1. The molecule has 0 aromatic carbocycles. The Hall–Kier alpha value is -1.32. The molecular formula is C12H19NO3. The van der Waals surface area contributed by atoms with Crippen LogP contribution in [0.3, 0.4) is 0 Å². The predicted molar refractivity (Wildman–Crippen MR) is 60.9 cm³/mol. The Kier molecular flexibility index (Phi) is 5.02. The van der Waals surface area contributed by atoms with Gasteiger partial charge in [0, 0.05) is 6.54 Å². The van der Waals surface area contributed by atoms with Crippen molar-refractivity contribution in [1.29, 1.82) is 0 Å². The molecule has 1 amide bonds. The van der Waals surface area contributed by atoms with Gasteiger partial charge in [-0.1, -0.05) is 25.5 Å². The summed E-state index contributed by atoms with van der Waals surface area (Å²) in [4.78, 5) is 22.8. The van der Waals surface area contributed by atoms with E-state index in [2.05, 4.69) is 12.2 Å². The molecule has 2 N–H and O–H groups in total. The first-order valence-corrected chi connectivity index (χ1v) is 5.82. The molecule has 16 heavy (non-hydrogen) atoms. The lowest BCUT2D eigenvalue weighted by Gasteiger charge is -2.24. The molecule has 0 bridgehead atoms. The molecule has 2 unspecified atom stereocenters. The molecule has 90 valence electrons. The number of nitrogens with one attached hydrogen (secondary N) is 1. The van der Waals surface area contributed by atoms with Gasteiger partial charge in [0.1, 0.15) is 0 Å². The van der Waals surface area contributed by atoms with E-state index in [9.17, 15) is 9.59 Å². The second kappa shape index (κ2) is 6.30. The van der Waals surface area contributed by atoms with Gasteiger partial charge in [-0.15, -0.1) is 0 Å². The van der Waals surface area contributed by atoms with E-state index >= 15 is 0 Å². The van der Waals surface area contributed by atoms with Crippen molar-refractivity contribution in [1.82, 2.24) is 5.32 Å². The maximum Gasteiger partial charge on any atom is 0.307 e. The SMILES string of the molecule is CCCCNC(=O)C1CC=CCC1C(=O)O. The van der Waals surface area contributed by atoms with Gasteiger partial charge in [0.15, 0.2) is 0 Å². The number of carbonyl (C=O) groups is 2. The van der Waals surface area contributed by atoms with Crippen LogP contribution in [-0.4, -0.2) is 23.5 Å². The molecule has 0 saturated carbocycles. The van der Waals surface area contributed by atoms with Gasteiger partial charge in [0.25, 0.3) is 0 Å². The number of hydrogen-bond donors (Lipinski definition) is 2. The van der Waals surface area contributed by atoms with Crippen LogP contribution in [0, 0.1) is 11.8 Å². The molecule has 0 aromatic heterocycles. The minimum absolute atomic E-state index is 0.120. The van der Waals surface area contributed by atoms with Crippen LogP contribution in [0.5, 0.6) is 0 Å². The normalized spacial score (nSPS) is 24.1. The first-order valence-electron chi connectivity index (χ1n) is 5.82. The van der Waals surface area contributed by atoms with Gasteiger partial charge in [-0.3, -0.25) is 9.59 Å². The van der Waals surface area contributed by atoms with E-state index in [1.807, 2.05) is 12.2 Å². The first-order chi connectivity index (χ1) is 7.66. The van der Waals surface area contributed by atoms with Crippen LogP contribution in [0.4, 0.5) is 0 Å². The molecule has 2 atom stereocenters. The van der Waals surface area contributed by atoms with Crippen molar-refractivity contribution in [2.75, 3.05) is 6.54 Å². The first kappa shape index (κ1) is 12.7. The van der Waals surface area contributed by atoms with Crippen molar-refractivity contribution in [3.05, 3.63) is 12.2 Å². The molecular weight excluding hydrogens is 206 g/mol. The molecule has 0 aromatic rings. The summed E-state index contributed by atoms with van der Waals surface area (Å²) in [5, 5.41) is 11.8. The van der Waals surface area contributed by atoms with E-state index in [4.69, 9.17) is 5.11 Å². The quantitative estimate of drug-likeness (QED) is 0.551. The standard InChI is InChI=1S/C12H19NO3/c1-2-3-8-13-11(14)9-6-4-5-7-10(9)12(15)16/h4-5,9-10H,2-3,6-8H2,1H3,(H,13,14)(H,15,16). The van der Waals surface area contributed by atoms with Crippen LogP contribution in [0.2, 0.25) is 0 Å². The molecule has 1 aliphatic carbocycles. The molecule has 0 fully saturated rings. The molecule has 0 radical (unpaired) electrons. The summed E-state index contributed by atoms with van der Waals surface area (Å²) >= 11 is 0. The Bertz CT molecular complexity index is 286. The monoisotopic (exact) mass is 225 g/mol. The number of carboxylic acids is 1. The average molecular weight is 225 g/mol. The van der Waals surface area contributed by atoms with Gasteiger partial charge in [-0.2, -0.15) is 0 Å². The molecule has 0 heterocycles. The average Bonchev–Trinajstić information content (AvgIpc) is 2.29. The summed E-state index contributed by atoms with van der Waals surface area (Å²) in [6.07, 6.45) is 6.69. The molecule has 0 aliphatic heterocycles. The number of hydrogen-bond acceptors (Lipinski definition) is 2. The fourth-order valence-electron chi connectivity index (χ4n) is 1.90. The van der Waals surface area contributed by atoms with Crippen molar-refractivity contribution in [2.45, 2.75) is 32.6 Å². The lowest BCUT2D eigenvalue weighted by molar-refractivity contribution is -0.147. The van der Waals surface area contributed by atoms with Crippen molar-refractivity contribution >= 4 is 11.9 Å². The highest BCUT2D eigenvalue weighted by molar-refractivity contribution is 5.85. The summed E-state index contributed by atoms with van der Waals surface area (Å²) in [5.41, 5.74) is 0. The van der Waals surface area contributed by atoms with E-state index in [0.29, 0.717) is 19.4 Å². The Morgan fingerprint density at radius 1 is 1.31 bits per heavy atom.